The van der Waals surface area contributed by atoms with E-state index < -0.39 is 0 Å². The third kappa shape index (κ3) is 3.51. The van der Waals surface area contributed by atoms with Crippen LogP contribution in [0.1, 0.15) is 56.1 Å². The van der Waals surface area contributed by atoms with Crippen molar-refractivity contribution in [3.05, 3.63) is 17.0 Å². The molecule has 1 fully saturated rings. The van der Waals surface area contributed by atoms with Crippen molar-refractivity contribution < 1.29 is 4.79 Å². The third-order valence-corrected chi connectivity index (χ3v) is 4.87. The van der Waals surface area contributed by atoms with Crippen LogP contribution in [0, 0.1) is 13.8 Å². The molecule has 5 nitrogen and oxygen atoms in total. The van der Waals surface area contributed by atoms with Crippen LogP contribution in [0.4, 0.5) is 0 Å². The molecule has 0 radical (unpaired) electrons. The molecule has 124 valence electrons. The highest BCUT2D eigenvalue weighted by molar-refractivity contribution is 5.76. The molecular formula is C17H30N4O. The minimum atomic E-state index is 0.231. The van der Waals surface area contributed by atoms with Crippen LogP contribution in [-0.4, -0.2) is 52.2 Å². The highest BCUT2D eigenvalue weighted by Gasteiger charge is 2.25. The van der Waals surface area contributed by atoms with Crippen LogP contribution in [0.15, 0.2) is 0 Å². The van der Waals surface area contributed by atoms with E-state index in [2.05, 4.69) is 37.8 Å². The van der Waals surface area contributed by atoms with Gasteiger partial charge in [-0.15, -0.1) is 0 Å². The maximum absolute atomic E-state index is 12.5. The Morgan fingerprint density at radius 3 is 2.59 bits per heavy atom. The van der Waals surface area contributed by atoms with Gasteiger partial charge in [0.25, 0.3) is 0 Å². The molecule has 22 heavy (non-hydrogen) atoms. The van der Waals surface area contributed by atoms with E-state index in [0.717, 1.165) is 18.7 Å². The van der Waals surface area contributed by atoms with Crippen molar-refractivity contribution in [2.24, 2.45) is 0 Å². The van der Waals surface area contributed by atoms with Crippen molar-refractivity contribution >= 4 is 5.91 Å². The van der Waals surface area contributed by atoms with E-state index in [4.69, 9.17) is 0 Å². The molecule has 1 amide bonds. The molecule has 2 rings (SSSR count). The SMILES string of the molecule is Cc1nn(C(C)C)c(C)c1CN(C)C(=O)CC1CCCN1C. The summed E-state index contributed by atoms with van der Waals surface area (Å²) in [5, 5.41) is 4.61. The molecule has 1 aromatic rings. The Labute approximate surface area is 134 Å². The first-order valence-corrected chi connectivity index (χ1v) is 8.30. The van der Waals surface area contributed by atoms with E-state index in [1.807, 2.05) is 23.6 Å². The van der Waals surface area contributed by atoms with Crippen LogP contribution in [0.3, 0.4) is 0 Å². The number of carbonyl (C=O) groups excluding carboxylic acids is 1. The molecule has 1 unspecified atom stereocenters. The Hall–Kier alpha value is -1.36. The Morgan fingerprint density at radius 2 is 2.09 bits per heavy atom. The molecule has 0 aliphatic carbocycles. The Kier molecular flexibility index (Phi) is 5.27. The molecule has 1 aliphatic heterocycles. The van der Waals surface area contributed by atoms with Crippen molar-refractivity contribution in [3.8, 4) is 0 Å². The molecule has 1 atom stereocenters. The van der Waals surface area contributed by atoms with E-state index in [0.29, 0.717) is 25.0 Å². The Balaban J connectivity index is 2.02. The zero-order valence-corrected chi connectivity index (χ0v) is 14.9. The molecular weight excluding hydrogens is 276 g/mol. The van der Waals surface area contributed by atoms with Gasteiger partial charge in [0, 0.05) is 43.4 Å². The normalized spacial score (nSPS) is 19.1. The van der Waals surface area contributed by atoms with Crippen molar-refractivity contribution in [2.75, 3.05) is 20.6 Å². The Bertz CT molecular complexity index is 535. The number of likely N-dealkylation sites (tertiary alicyclic amines) is 1. The van der Waals surface area contributed by atoms with E-state index in [9.17, 15) is 4.79 Å². The van der Waals surface area contributed by atoms with E-state index >= 15 is 0 Å². The first-order chi connectivity index (χ1) is 10.3. The second kappa shape index (κ2) is 6.82. The van der Waals surface area contributed by atoms with Crippen molar-refractivity contribution in [1.82, 2.24) is 19.6 Å². The second-order valence-corrected chi connectivity index (χ2v) is 6.92. The molecule has 0 bridgehead atoms. The summed E-state index contributed by atoms with van der Waals surface area (Å²) in [5.41, 5.74) is 3.39. The van der Waals surface area contributed by atoms with Gasteiger partial charge in [0.1, 0.15) is 0 Å². The molecule has 0 saturated carbocycles. The predicted molar refractivity (Wildman–Crippen MR) is 88.8 cm³/mol. The number of hydrogen-bond acceptors (Lipinski definition) is 3. The van der Waals surface area contributed by atoms with Crippen molar-refractivity contribution in [1.29, 1.82) is 0 Å². The van der Waals surface area contributed by atoms with E-state index in [1.165, 1.54) is 17.7 Å². The largest absolute Gasteiger partial charge is 0.341 e. The lowest BCUT2D eigenvalue weighted by Crippen LogP contribution is -2.34. The van der Waals surface area contributed by atoms with Gasteiger partial charge in [-0.3, -0.25) is 9.48 Å². The lowest BCUT2D eigenvalue weighted by Gasteiger charge is -2.23. The van der Waals surface area contributed by atoms with Gasteiger partial charge in [-0.2, -0.15) is 5.10 Å². The fourth-order valence-electron chi connectivity index (χ4n) is 3.35. The maximum atomic E-state index is 12.5. The fourth-order valence-corrected chi connectivity index (χ4v) is 3.35. The zero-order valence-electron chi connectivity index (χ0n) is 14.9. The smallest absolute Gasteiger partial charge is 0.224 e. The summed E-state index contributed by atoms with van der Waals surface area (Å²) in [7, 11) is 4.02. The third-order valence-electron chi connectivity index (χ3n) is 4.87. The Morgan fingerprint density at radius 1 is 1.41 bits per heavy atom. The van der Waals surface area contributed by atoms with Crippen molar-refractivity contribution in [2.45, 2.75) is 65.6 Å². The topological polar surface area (TPSA) is 41.4 Å². The summed E-state index contributed by atoms with van der Waals surface area (Å²) in [6.45, 7) is 10.2. The highest BCUT2D eigenvalue weighted by atomic mass is 16.2. The number of rotatable bonds is 5. The van der Waals surface area contributed by atoms with Gasteiger partial charge in [-0.1, -0.05) is 0 Å². The first-order valence-electron chi connectivity index (χ1n) is 8.30. The van der Waals surface area contributed by atoms with Crippen LogP contribution in [0.5, 0.6) is 0 Å². The number of hydrogen-bond donors (Lipinski definition) is 0. The molecule has 1 aromatic heterocycles. The van der Waals surface area contributed by atoms with Gasteiger partial charge in [0.05, 0.1) is 5.69 Å². The standard InChI is InChI=1S/C17H30N4O/c1-12(2)21-14(4)16(13(3)18-21)11-20(6)17(22)10-15-8-7-9-19(15)5/h12,15H,7-11H2,1-6H3. The maximum Gasteiger partial charge on any atom is 0.224 e. The highest BCUT2D eigenvalue weighted by Crippen LogP contribution is 2.21. The lowest BCUT2D eigenvalue weighted by atomic mass is 10.1. The van der Waals surface area contributed by atoms with Crippen molar-refractivity contribution in [3.63, 3.8) is 0 Å². The van der Waals surface area contributed by atoms with Gasteiger partial charge < -0.3 is 9.80 Å². The fraction of sp³-hybridized carbons (Fsp3) is 0.765. The summed E-state index contributed by atoms with van der Waals surface area (Å²) < 4.78 is 2.05. The monoisotopic (exact) mass is 306 g/mol. The molecule has 2 heterocycles. The van der Waals surface area contributed by atoms with Crippen LogP contribution >= 0.6 is 0 Å². The van der Waals surface area contributed by atoms with E-state index in [-0.39, 0.29) is 5.91 Å². The molecule has 5 heteroatoms. The van der Waals surface area contributed by atoms with Crippen LogP contribution in [0.2, 0.25) is 0 Å². The predicted octanol–water partition coefficient (Wildman–Crippen LogP) is 2.52. The number of aromatic nitrogens is 2. The molecule has 0 N–H and O–H groups in total. The van der Waals surface area contributed by atoms with Crippen LogP contribution in [-0.2, 0) is 11.3 Å². The summed E-state index contributed by atoms with van der Waals surface area (Å²) in [6.07, 6.45) is 2.97. The van der Waals surface area contributed by atoms with Gasteiger partial charge in [-0.05, 0) is 54.1 Å². The van der Waals surface area contributed by atoms with Crippen LogP contribution in [0.25, 0.3) is 0 Å². The summed E-state index contributed by atoms with van der Waals surface area (Å²) >= 11 is 0. The number of nitrogens with zero attached hydrogens (tertiary/aromatic N) is 4. The zero-order chi connectivity index (χ0) is 16.4. The van der Waals surface area contributed by atoms with Gasteiger partial charge in [-0.25, -0.2) is 0 Å². The molecule has 0 spiro atoms. The van der Waals surface area contributed by atoms with Gasteiger partial charge in [0.2, 0.25) is 5.91 Å². The lowest BCUT2D eigenvalue weighted by molar-refractivity contribution is -0.131. The quantitative estimate of drug-likeness (QED) is 0.839. The van der Waals surface area contributed by atoms with Gasteiger partial charge >= 0.3 is 0 Å². The van der Waals surface area contributed by atoms with Gasteiger partial charge in [0.15, 0.2) is 0 Å². The summed E-state index contributed by atoms with van der Waals surface area (Å²) in [5.74, 6) is 0.231. The first kappa shape index (κ1) is 17.0. The summed E-state index contributed by atoms with van der Waals surface area (Å²) in [4.78, 5) is 16.6. The molecule has 1 saturated heterocycles. The van der Waals surface area contributed by atoms with Crippen LogP contribution < -0.4 is 0 Å². The second-order valence-electron chi connectivity index (χ2n) is 6.92. The van der Waals surface area contributed by atoms with E-state index in [1.54, 1.807) is 0 Å². The number of aryl methyl sites for hydroxylation is 1. The summed E-state index contributed by atoms with van der Waals surface area (Å²) in [6, 6.07) is 0.760. The average molecular weight is 306 g/mol. The minimum Gasteiger partial charge on any atom is -0.341 e. The number of amides is 1. The average Bonchev–Trinajstić information content (AvgIpc) is 2.97. The molecule has 0 aromatic carbocycles. The minimum absolute atomic E-state index is 0.231. The molecule has 1 aliphatic rings. The number of carbonyl (C=O) groups is 1.